The summed E-state index contributed by atoms with van der Waals surface area (Å²) < 4.78 is 41.2. The highest BCUT2D eigenvalue weighted by Crippen LogP contribution is 2.33. The molecule has 1 fully saturated rings. The number of aromatic nitrogens is 2. The summed E-state index contributed by atoms with van der Waals surface area (Å²) >= 11 is 3.29. The minimum absolute atomic E-state index is 0.211. The molecule has 0 aliphatic carbocycles. The lowest BCUT2D eigenvalue weighted by molar-refractivity contribution is -0.141. The maximum Gasteiger partial charge on any atom is 0.434 e. The second-order valence-corrected chi connectivity index (χ2v) is 6.89. The van der Waals surface area contributed by atoms with Gasteiger partial charge in [-0.3, -0.25) is 4.79 Å². The van der Waals surface area contributed by atoms with Crippen molar-refractivity contribution in [3.05, 3.63) is 46.2 Å². The van der Waals surface area contributed by atoms with Crippen LogP contribution in [0, 0.1) is 5.92 Å². The largest absolute Gasteiger partial charge is 0.434 e. The van der Waals surface area contributed by atoms with Crippen LogP contribution in [0.25, 0.3) is 0 Å². The maximum atomic E-state index is 13.5. The minimum Gasteiger partial charge on any atom is -0.324 e. The summed E-state index contributed by atoms with van der Waals surface area (Å²) in [6.07, 6.45) is -2.75. The van der Waals surface area contributed by atoms with E-state index in [9.17, 15) is 18.0 Å². The van der Waals surface area contributed by atoms with Crippen LogP contribution in [0.15, 0.2) is 34.9 Å². The molecule has 0 unspecified atom stereocenters. The van der Waals surface area contributed by atoms with E-state index < -0.39 is 29.1 Å². The molecule has 26 heavy (non-hydrogen) atoms. The lowest BCUT2D eigenvalue weighted by Crippen LogP contribution is -2.33. The standard InChI is InChI=1S/C17H16BrF3N4O/c18-11-2-1-3-12(8-11)24-16-23-9-13(15(25-16)17(19,20)21)14(26)10-4-6-22-7-5-10/h1-3,8-10,22H,4-7H2,(H,23,24,25). The van der Waals surface area contributed by atoms with Gasteiger partial charge in [0.05, 0.1) is 5.56 Å². The van der Waals surface area contributed by atoms with E-state index in [4.69, 9.17) is 0 Å². The fourth-order valence-corrected chi connectivity index (χ4v) is 3.24. The first kappa shape index (κ1) is 18.8. The number of ketones is 1. The molecule has 1 saturated heterocycles. The van der Waals surface area contributed by atoms with Crippen molar-refractivity contribution in [2.24, 2.45) is 5.92 Å². The summed E-state index contributed by atoms with van der Waals surface area (Å²) in [6, 6.07) is 6.88. The van der Waals surface area contributed by atoms with Gasteiger partial charge in [-0.1, -0.05) is 22.0 Å². The van der Waals surface area contributed by atoms with Crippen LogP contribution in [0.5, 0.6) is 0 Å². The molecule has 0 radical (unpaired) electrons. The van der Waals surface area contributed by atoms with Crippen LogP contribution < -0.4 is 10.6 Å². The Morgan fingerprint density at radius 1 is 1.27 bits per heavy atom. The molecule has 2 heterocycles. The van der Waals surface area contributed by atoms with Gasteiger partial charge in [0, 0.05) is 22.3 Å². The number of nitrogens with zero attached hydrogens (tertiary/aromatic N) is 2. The predicted molar refractivity (Wildman–Crippen MR) is 94.4 cm³/mol. The zero-order chi connectivity index (χ0) is 18.7. The SMILES string of the molecule is O=C(c1cnc(Nc2cccc(Br)c2)nc1C(F)(F)F)C1CCNCC1. The van der Waals surface area contributed by atoms with E-state index in [-0.39, 0.29) is 5.95 Å². The number of alkyl halides is 3. The number of anilines is 2. The summed E-state index contributed by atoms with van der Waals surface area (Å²) in [5.74, 6) is -1.20. The molecular formula is C17H16BrF3N4O. The highest BCUT2D eigenvalue weighted by atomic mass is 79.9. The Labute approximate surface area is 156 Å². The Morgan fingerprint density at radius 2 is 2.00 bits per heavy atom. The van der Waals surface area contributed by atoms with Gasteiger partial charge in [-0.15, -0.1) is 0 Å². The number of hydrogen-bond acceptors (Lipinski definition) is 5. The molecule has 0 spiro atoms. The lowest BCUT2D eigenvalue weighted by Gasteiger charge is -2.22. The van der Waals surface area contributed by atoms with Gasteiger partial charge in [-0.05, 0) is 44.1 Å². The number of carbonyl (C=O) groups excluding carboxylic acids is 1. The molecule has 0 atom stereocenters. The van der Waals surface area contributed by atoms with Crippen molar-refractivity contribution in [1.29, 1.82) is 0 Å². The summed E-state index contributed by atoms with van der Waals surface area (Å²) in [4.78, 5) is 20.1. The zero-order valence-electron chi connectivity index (χ0n) is 13.6. The van der Waals surface area contributed by atoms with Gasteiger partial charge in [0.1, 0.15) is 0 Å². The van der Waals surface area contributed by atoms with Crippen molar-refractivity contribution in [2.45, 2.75) is 19.0 Å². The number of Topliss-reactive ketones (excluding diaryl/α,β-unsaturated/α-hetero) is 1. The number of piperidine rings is 1. The molecule has 2 N–H and O–H groups in total. The van der Waals surface area contributed by atoms with Crippen molar-refractivity contribution in [3.8, 4) is 0 Å². The highest BCUT2D eigenvalue weighted by Gasteiger charge is 2.39. The van der Waals surface area contributed by atoms with Gasteiger partial charge in [-0.25, -0.2) is 9.97 Å². The first-order valence-electron chi connectivity index (χ1n) is 8.06. The summed E-state index contributed by atoms with van der Waals surface area (Å²) in [7, 11) is 0. The molecule has 1 aliphatic rings. The first-order valence-corrected chi connectivity index (χ1v) is 8.85. The normalized spacial score (nSPS) is 15.7. The fraction of sp³-hybridized carbons (Fsp3) is 0.353. The smallest absolute Gasteiger partial charge is 0.324 e. The molecule has 1 aromatic carbocycles. The molecule has 2 aromatic rings. The number of halogens is 4. The van der Waals surface area contributed by atoms with Gasteiger partial charge >= 0.3 is 6.18 Å². The molecule has 0 saturated carbocycles. The van der Waals surface area contributed by atoms with Gasteiger partial charge in [-0.2, -0.15) is 13.2 Å². The Morgan fingerprint density at radius 3 is 2.65 bits per heavy atom. The first-order chi connectivity index (χ1) is 12.3. The third kappa shape index (κ3) is 4.39. The highest BCUT2D eigenvalue weighted by molar-refractivity contribution is 9.10. The molecule has 3 rings (SSSR count). The second-order valence-electron chi connectivity index (χ2n) is 5.98. The zero-order valence-corrected chi connectivity index (χ0v) is 15.2. The van der Waals surface area contributed by atoms with Crippen molar-refractivity contribution < 1.29 is 18.0 Å². The molecule has 0 bridgehead atoms. The van der Waals surface area contributed by atoms with Gasteiger partial charge < -0.3 is 10.6 Å². The van der Waals surface area contributed by atoms with Crippen LogP contribution in [0.2, 0.25) is 0 Å². The van der Waals surface area contributed by atoms with Crippen LogP contribution in [-0.4, -0.2) is 28.8 Å². The Balaban J connectivity index is 1.92. The predicted octanol–water partition coefficient (Wildman–Crippen LogP) is 4.18. The molecule has 9 heteroatoms. The van der Waals surface area contributed by atoms with E-state index in [1.54, 1.807) is 24.3 Å². The molecule has 1 aromatic heterocycles. The third-order valence-electron chi connectivity index (χ3n) is 4.11. The van der Waals surface area contributed by atoms with Gasteiger partial charge in [0.15, 0.2) is 11.5 Å². The number of hydrogen-bond donors (Lipinski definition) is 2. The minimum atomic E-state index is -4.74. The molecule has 138 valence electrons. The third-order valence-corrected chi connectivity index (χ3v) is 4.61. The molecule has 1 aliphatic heterocycles. The van der Waals surface area contributed by atoms with Crippen molar-refractivity contribution in [3.63, 3.8) is 0 Å². The Bertz CT molecular complexity index is 807. The van der Waals surface area contributed by atoms with Gasteiger partial charge in [0.2, 0.25) is 5.95 Å². The van der Waals surface area contributed by atoms with Crippen LogP contribution in [0.4, 0.5) is 24.8 Å². The van der Waals surface area contributed by atoms with Crippen molar-refractivity contribution in [2.75, 3.05) is 18.4 Å². The monoisotopic (exact) mass is 428 g/mol. The Hall–Kier alpha value is -2.00. The van der Waals surface area contributed by atoms with E-state index >= 15 is 0 Å². The maximum absolute atomic E-state index is 13.5. The lowest BCUT2D eigenvalue weighted by atomic mass is 9.89. The van der Waals surface area contributed by atoms with E-state index in [1.807, 2.05) is 0 Å². The Kier molecular flexibility index (Phi) is 5.57. The number of benzene rings is 1. The van der Waals surface area contributed by atoms with Crippen LogP contribution in [-0.2, 0) is 6.18 Å². The average Bonchev–Trinajstić information content (AvgIpc) is 2.61. The van der Waals surface area contributed by atoms with E-state index in [0.717, 1.165) is 10.7 Å². The number of rotatable bonds is 4. The van der Waals surface area contributed by atoms with Crippen molar-refractivity contribution >= 4 is 33.3 Å². The summed E-state index contributed by atoms with van der Waals surface area (Å²) in [5, 5.41) is 5.82. The van der Waals surface area contributed by atoms with E-state index in [0.29, 0.717) is 31.6 Å². The molecule has 0 amide bonds. The number of nitrogens with one attached hydrogen (secondary N) is 2. The number of carbonyl (C=O) groups is 1. The summed E-state index contributed by atoms with van der Waals surface area (Å²) in [6.45, 7) is 1.22. The topological polar surface area (TPSA) is 66.9 Å². The molecular weight excluding hydrogens is 413 g/mol. The second kappa shape index (κ2) is 7.71. The quantitative estimate of drug-likeness (QED) is 0.714. The van der Waals surface area contributed by atoms with Crippen molar-refractivity contribution in [1.82, 2.24) is 15.3 Å². The molecule has 5 nitrogen and oxygen atoms in total. The average molecular weight is 429 g/mol. The van der Waals surface area contributed by atoms with E-state index in [1.165, 1.54) is 0 Å². The van der Waals surface area contributed by atoms with Crippen LogP contribution in [0.3, 0.4) is 0 Å². The van der Waals surface area contributed by atoms with E-state index in [2.05, 4.69) is 36.5 Å². The fourth-order valence-electron chi connectivity index (χ4n) is 2.84. The van der Waals surface area contributed by atoms with Gasteiger partial charge in [0.25, 0.3) is 0 Å². The van der Waals surface area contributed by atoms with Crippen LogP contribution >= 0.6 is 15.9 Å². The van der Waals surface area contributed by atoms with Crippen LogP contribution in [0.1, 0.15) is 28.9 Å². The summed E-state index contributed by atoms with van der Waals surface area (Å²) in [5.41, 5.74) is -1.14.